The molecule has 0 radical (unpaired) electrons. The lowest BCUT2D eigenvalue weighted by Gasteiger charge is -2.33. The SMILES string of the molecule is CC(C)(C)CC(C)(C)Nc1nc(C(F)(F)F)cc(=O)[nH]1. The lowest BCUT2D eigenvalue weighted by Crippen LogP contribution is -2.37. The maximum atomic E-state index is 12.6. The minimum Gasteiger partial charge on any atom is -0.351 e. The van der Waals surface area contributed by atoms with Crippen LogP contribution in [0, 0.1) is 5.41 Å². The third-order valence-electron chi connectivity index (χ3n) is 2.46. The second-order valence-electron chi connectivity index (χ2n) is 6.72. The third-order valence-corrected chi connectivity index (χ3v) is 2.46. The summed E-state index contributed by atoms with van der Waals surface area (Å²) in [7, 11) is 0. The summed E-state index contributed by atoms with van der Waals surface area (Å²) in [6.45, 7) is 9.77. The molecule has 0 unspecified atom stereocenters. The van der Waals surface area contributed by atoms with Crippen molar-refractivity contribution in [2.45, 2.75) is 52.8 Å². The summed E-state index contributed by atoms with van der Waals surface area (Å²) in [5, 5.41) is 2.86. The third kappa shape index (κ3) is 5.22. The molecule has 0 atom stereocenters. The smallest absolute Gasteiger partial charge is 0.351 e. The Kier molecular flexibility index (Phi) is 4.22. The van der Waals surface area contributed by atoms with Crippen LogP contribution in [-0.4, -0.2) is 15.5 Å². The van der Waals surface area contributed by atoms with Crippen LogP contribution in [0.4, 0.5) is 19.1 Å². The minimum atomic E-state index is -4.64. The van der Waals surface area contributed by atoms with Crippen LogP contribution in [0.25, 0.3) is 0 Å². The van der Waals surface area contributed by atoms with E-state index in [1.807, 2.05) is 34.6 Å². The van der Waals surface area contributed by atoms with Gasteiger partial charge in [-0.2, -0.15) is 13.2 Å². The lowest BCUT2D eigenvalue weighted by atomic mass is 9.82. The van der Waals surface area contributed by atoms with Crippen LogP contribution >= 0.6 is 0 Å². The van der Waals surface area contributed by atoms with Gasteiger partial charge in [-0.25, -0.2) is 4.98 Å². The summed E-state index contributed by atoms with van der Waals surface area (Å²) >= 11 is 0. The average Bonchev–Trinajstić information content (AvgIpc) is 2.09. The zero-order valence-electron chi connectivity index (χ0n) is 12.3. The van der Waals surface area contributed by atoms with Crippen molar-refractivity contribution in [2.75, 3.05) is 5.32 Å². The summed E-state index contributed by atoms with van der Waals surface area (Å²) < 4.78 is 37.8. The molecule has 0 aliphatic heterocycles. The van der Waals surface area contributed by atoms with Crippen molar-refractivity contribution < 1.29 is 13.2 Å². The molecule has 0 saturated heterocycles. The molecule has 0 aliphatic rings. The Bertz CT molecular complexity index is 527. The van der Waals surface area contributed by atoms with E-state index in [4.69, 9.17) is 0 Å². The van der Waals surface area contributed by atoms with Gasteiger partial charge in [-0.1, -0.05) is 20.8 Å². The Morgan fingerprint density at radius 1 is 1.20 bits per heavy atom. The van der Waals surface area contributed by atoms with E-state index in [-0.39, 0.29) is 11.4 Å². The number of hydrogen-bond acceptors (Lipinski definition) is 3. The lowest BCUT2D eigenvalue weighted by molar-refractivity contribution is -0.141. The Labute approximate surface area is 115 Å². The number of hydrogen-bond donors (Lipinski definition) is 2. The van der Waals surface area contributed by atoms with Gasteiger partial charge in [0.2, 0.25) is 5.95 Å². The molecule has 1 heterocycles. The van der Waals surface area contributed by atoms with E-state index in [1.54, 1.807) is 0 Å². The molecule has 0 fully saturated rings. The van der Waals surface area contributed by atoms with Crippen molar-refractivity contribution in [3.8, 4) is 0 Å². The van der Waals surface area contributed by atoms with Gasteiger partial charge >= 0.3 is 6.18 Å². The highest BCUT2D eigenvalue weighted by Crippen LogP contribution is 2.30. The standard InChI is InChI=1S/C13H20F3N3O/c1-11(2,3)7-12(4,5)19-10-17-8(13(14,15)16)6-9(20)18-10/h6H,7H2,1-5H3,(H2,17,18,19,20). The van der Waals surface area contributed by atoms with Crippen molar-refractivity contribution in [3.05, 3.63) is 22.1 Å². The van der Waals surface area contributed by atoms with Crippen molar-refractivity contribution in [2.24, 2.45) is 5.41 Å². The first kappa shape index (κ1) is 16.5. The van der Waals surface area contributed by atoms with Crippen LogP contribution in [-0.2, 0) is 6.18 Å². The van der Waals surface area contributed by atoms with E-state index in [9.17, 15) is 18.0 Å². The van der Waals surface area contributed by atoms with Gasteiger partial charge in [-0.15, -0.1) is 0 Å². The van der Waals surface area contributed by atoms with Gasteiger partial charge in [0, 0.05) is 11.6 Å². The van der Waals surface area contributed by atoms with E-state index in [1.165, 1.54) is 0 Å². The average molecular weight is 291 g/mol. The van der Waals surface area contributed by atoms with Gasteiger partial charge in [0.05, 0.1) is 0 Å². The molecular weight excluding hydrogens is 271 g/mol. The molecule has 0 aliphatic carbocycles. The molecule has 20 heavy (non-hydrogen) atoms. The number of halogens is 3. The van der Waals surface area contributed by atoms with Gasteiger partial charge in [-0.3, -0.25) is 9.78 Å². The van der Waals surface area contributed by atoms with Gasteiger partial charge in [0.15, 0.2) is 5.69 Å². The summed E-state index contributed by atoms with van der Waals surface area (Å²) in [6, 6.07) is 0.446. The van der Waals surface area contributed by atoms with Crippen LogP contribution in [0.3, 0.4) is 0 Å². The number of alkyl halides is 3. The summed E-state index contributed by atoms with van der Waals surface area (Å²) in [5.74, 6) is -0.168. The highest BCUT2D eigenvalue weighted by atomic mass is 19.4. The molecule has 0 amide bonds. The second kappa shape index (κ2) is 5.10. The summed E-state index contributed by atoms with van der Waals surface area (Å²) in [5.41, 5.74) is -2.55. The Balaban J connectivity index is 3.04. The number of anilines is 1. The first-order chi connectivity index (χ1) is 8.78. The van der Waals surface area contributed by atoms with E-state index in [0.29, 0.717) is 12.5 Å². The molecule has 4 nitrogen and oxygen atoms in total. The topological polar surface area (TPSA) is 57.8 Å². The summed E-state index contributed by atoms with van der Waals surface area (Å²) in [4.78, 5) is 17.0. The van der Waals surface area contributed by atoms with Gasteiger partial charge in [-0.05, 0) is 25.7 Å². The van der Waals surface area contributed by atoms with Crippen molar-refractivity contribution in [3.63, 3.8) is 0 Å². The first-order valence-corrected chi connectivity index (χ1v) is 6.25. The molecule has 114 valence electrons. The molecule has 1 rings (SSSR count). The summed E-state index contributed by atoms with van der Waals surface area (Å²) in [6.07, 6.45) is -3.95. The van der Waals surface area contributed by atoms with Crippen molar-refractivity contribution in [1.82, 2.24) is 9.97 Å². The molecule has 0 aromatic carbocycles. The fourth-order valence-corrected chi connectivity index (χ4v) is 2.35. The molecule has 0 saturated carbocycles. The molecule has 2 N–H and O–H groups in total. The number of H-pyrrole nitrogens is 1. The van der Waals surface area contributed by atoms with E-state index in [2.05, 4.69) is 15.3 Å². The number of aromatic nitrogens is 2. The predicted octanol–water partition coefficient (Wildman–Crippen LogP) is 3.42. The van der Waals surface area contributed by atoms with Crippen LogP contribution in [0.15, 0.2) is 10.9 Å². The highest BCUT2D eigenvalue weighted by molar-refractivity contribution is 5.30. The van der Waals surface area contributed by atoms with Crippen LogP contribution < -0.4 is 10.9 Å². The quantitative estimate of drug-likeness (QED) is 0.897. The number of nitrogens with zero attached hydrogens (tertiary/aromatic N) is 1. The monoisotopic (exact) mass is 291 g/mol. The van der Waals surface area contributed by atoms with E-state index < -0.39 is 23.0 Å². The van der Waals surface area contributed by atoms with Gasteiger partial charge in [0.1, 0.15) is 0 Å². The number of aromatic amines is 1. The molecule has 7 heteroatoms. The van der Waals surface area contributed by atoms with Gasteiger partial charge in [0.25, 0.3) is 5.56 Å². The van der Waals surface area contributed by atoms with Crippen molar-refractivity contribution >= 4 is 5.95 Å². The molecule has 0 bridgehead atoms. The molecule has 0 spiro atoms. The number of rotatable bonds is 3. The maximum Gasteiger partial charge on any atom is 0.433 e. The fraction of sp³-hybridized carbons (Fsp3) is 0.692. The van der Waals surface area contributed by atoms with E-state index in [0.717, 1.165) is 0 Å². The number of nitrogens with one attached hydrogen (secondary N) is 2. The molecule has 1 aromatic heterocycles. The normalized spacial score (nSPS) is 13.4. The Morgan fingerprint density at radius 2 is 1.75 bits per heavy atom. The van der Waals surface area contributed by atoms with E-state index >= 15 is 0 Å². The first-order valence-electron chi connectivity index (χ1n) is 6.25. The minimum absolute atomic E-state index is 0.0154. The Hall–Kier alpha value is -1.53. The fourth-order valence-electron chi connectivity index (χ4n) is 2.35. The van der Waals surface area contributed by atoms with Crippen LogP contribution in [0.5, 0.6) is 0 Å². The molecule has 1 aromatic rings. The van der Waals surface area contributed by atoms with Gasteiger partial charge < -0.3 is 5.32 Å². The zero-order valence-corrected chi connectivity index (χ0v) is 12.3. The van der Waals surface area contributed by atoms with Crippen molar-refractivity contribution in [1.29, 1.82) is 0 Å². The van der Waals surface area contributed by atoms with Crippen LogP contribution in [0.1, 0.15) is 46.7 Å². The second-order valence-corrected chi connectivity index (χ2v) is 6.72. The largest absolute Gasteiger partial charge is 0.433 e. The Morgan fingerprint density at radius 3 is 2.20 bits per heavy atom. The zero-order chi connectivity index (χ0) is 15.8. The molecular formula is C13H20F3N3O. The predicted molar refractivity (Wildman–Crippen MR) is 71.6 cm³/mol. The maximum absolute atomic E-state index is 12.6. The van der Waals surface area contributed by atoms with Crippen LogP contribution in [0.2, 0.25) is 0 Å². The highest BCUT2D eigenvalue weighted by Gasteiger charge is 2.34.